The fraction of sp³-hybridized carbons (Fsp3) is 0.444. The summed E-state index contributed by atoms with van der Waals surface area (Å²) in [5.41, 5.74) is 2.47. The quantitative estimate of drug-likeness (QED) is 0.785. The first-order valence-electron chi connectivity index (χ1n) is 8.18. The molecule has 0 saturated carbocycles. The van der Waals surface area contributed by atoms with Crippen LogP contribution in [-0.2, 0) is 16.1 Å². The molecule has 0 radical (unpaired) electrons. The fourth-order valence-electron chi connectivity index (χ4n) is 2.76. The lowest BCUT2D eigenvalue weighted by Crippen LogP contribution is -2.28. The molecule has 23 heavy (non-hydrogen) atoms. The number of ether oxygens (including phenoxy) is 1. The largest absolute Gasteiger partial charge is 0.364 e. The molecule has 1 heterocycles. The van der Waals surface area contributed by atoms with Crippen molar-refractivity contribution in [3.05, 3.63) is 40.9 Å². The third kappa shape index (κ3) is 4.88. The van der Waals surface area contributed by atoms with Gasteiger partial charge in [-0.2, -0.15) is 0 Å². The highest BCUT2D eigenvalue weighted by molar-refractivity contribution is 7.18. The number of hydrogen-bond donors (Lipinski definition) is 1. The van der Waals surface area contributed by atoms with Crippen LogP contribution >= 0.6 is 11.3 Å². The first-order valence-corrected chi connectivity index (χ1v) is 9.00. The molecule has 0 aliphatic heterocycles. The molecule has 0 saturated heterocycles. The summed E-state index contributed by atoms with van der Waals surface area (Å²) in [7, 11) is 0. The Balaban J connectivity index is 1.35. The van der Waals surface area contributed by atoms with E-state index in [1.807, 2.05) is 24.3 Å². The van der Waals surface area contributed by atoms with Crippen LogP contribution in [0.3, 0.4) is 0 Å². The van der Waals surface area contributed by atoms with Crippen molar-refractivity contribution in [1.82, 2.24) is 10.3 Å². The normalized spacial score (nSPS) is 14.7. The van der Waals surface area contributed by atoms with E-state index in [1.165, 1.54) is 31.3 Å². The number of amides is 1. The molecule has 0 unspecified atom stereocenters. The molecule has 5 heteroatoms. The number of allylic oxidation sites excluding steroid dienone is 1. The van der Waals surface area contributed by atoms with Gasteiger partial charge in [0.1, 0.15) is 11.6 Å². The zero-order valence-electron chi connectivity index (χ0n) is 13.2. The van der Waals surface area contributed by atoms with Crippen LogP contribution < -0.4 is 5.32 Å². The first-order chi connectivity index (χ1) is 11.3. The molecule has 1 aliphatic carbocycles. The maximum absolute atomic E-state index is 11.8. The standard InChI is InChI=1S/C18H22N2O2S/c21-17(19-11-10-14-6-2-1-3-7-14)12-22-13-18-20-15-8-4-5-9-16(15)23-18/h4-6,8-9H,1-3,7,10-13H2,(H,19,21). The van der Waals surface area contributed by atoms with Gasteiger partial charge in [-0.1, -0.05) is 23.8 Å². The Labute approximate surface area is 140 Å². The lowest BCUT2D eigenvalue weighted by Gasteiger charge is -2.12. The van der Waals surface area contributed by atoms with Crippen molar-refractivity contribution in [3.63, 3.8) is 0 Å². The molecule has 0 fully saturated rings. The number of aromatic nitrogens is 1. The number of thiazole rings is 1. The minimum atomic E-state index is -0.0532. The number of para-hydroxylation sites is 1. The number of carbonyl (C=O) groups is 1. The van der Waals surface area contributed by atoms with E-state index in [0.29, 0.717) is 13.2 Å². The molecule has 1 aromatic heterocycles. The van der Waals surface area contributed by atoms with Gasteiger partial charge in [0.15, 0.2) is 0 Å². The van der Waals surface area contributed by atoms with Gasteiger partial charge in [-0.15, -0.1) is 11.3 Å². The van der Waals surface area contributed by atoms with Crippen molar-refractivity contribution in [1.29, 1.82) is 0 Å². The Hall–Kier alpha value is -1.72. The van der Waals surface area contributed by atoms with Crippen molar-refractivity contribution >= 4 is 27.5 Å². The van der Waals surface area contributed by atoms with Gasteiger partial charge in [-0.25, -0.2) is 4.98 Å². The molecule has 3 rings (SSSR count). The highest BCUT2D eigenvalue weighted by Crippen LogP contribution is 2.22. The Morgan fingerprint density at radius 1 is 1.30 bits per heavy atom. The minimum Gasteiger partial charge on any atom is -0.364 e. The average molecular weight is 330 g/mol. The van der Waals surface area contributed by atoms with Gasteiger partial charge in [0.25, 0.3) is 0 Å². The van der Waals surface area contributed by atoms with Crippen LogP contribution in [0.4, 0.5) is 0 Å². The van der Waals surface area contributed by atoms with Crippen LogP contribution in [0.1, 0.15) is 37.1 Å². The van der Waals surface area contributed by atoms with Gasteiger partial charge >= 0.3 is 0 Å². The van der Waals surface area contributed by atoms with Crippen LogP contribution in [-0.4, -0.2) is 24.0 Å². The zero-order chi connectivity index (χ0) is 15.9. The highest BCUT2D eigenvalue weighted by atomic mass is 32.1. The van der Waals surface area contributed by atoms with Crippen molar-refractivity contribution < 1.29 is 9.53 Å². The molecule has 1 aliphatic rings. The minimum absolute atomic E-state index is 0.0532. The second kappa shape index (κ2) is 8.22. The van der Waals surface area contributed by atoms with E-state index in [0.717, 1.165) is 21.6 Å². The van der Waals surface area contributed by atoms with Gasteiger partial charge in [0, 0.05) is 6.54 Å². The van der Waals surface area contributed by atoms with Gasteiger partial charge < -0.3 is 10.1 Å². The maximum Gasteiger partial charge on any atom is 0.246 e. The first kappa shape index (κ1) is 16.1. The van der Waals surface area contributed by atoms with Gasteiger partial charge in [-0.3, -0.25) is 4.79 Å². The van der Waals surface area contributed by atoms with Crippen LogP contribution in [0.15, 0.2) is 35.9 Å². The Bertz CT molecular complexity index is 660. The molecule has 1 aromatic carbocycles. The average Bonchev–Trinajstić information content (AvgIpc) is 2.98. The summed E-state index contributed by atoms with van der Waals surface area (Å²) in [5.74, 6) is -0.0532. The van der Waals surface area contributed by atoms with Crippen molar-refractivity contribution in [2.24, 2.45) is 0 Å². The Morgan fingerprint density at radius 2 is 2.22 bits per heavy atom. The highest BCUT2D eigenvalue weighted by Gasteiger charge is 2.07. The topological polar surface area (TPSA) is 51.2 Å². The van der Waals surface area contributed by atoms with E-state index in [2.05, 4.69) is 16.4 Å². The van der Waals surface area contributed by atoms with Crippen LogP contribution in [0.5, 0.6) is 0 Å². The number of fused-ring (bicyclic) bond motifs is 1. The number of carbonyl (C=O) groups excluding carboxylic acids is 1. The molecule has 1 N–H and O–H groups in total. The van der Waals surface area contributed by atoms with Crippen molar-refractivity contribution in [3.8, 4) is 0 Å². The molecule has 0 atom stereocenters. The summed E-state index contributed by atoms with van der Waals surface area (Å²) in [4.78, 5) is 16.3. The van der Waals surface area contributed by atoms with Crippen molar-refractivity contribution in [2.45, 2.75) is 38.7 Å². The van der Waals surface area contributed by atoms with Gasteiger partial charge in [0.2, 0.25) is 5.91 Å². The summed E-state index contributed by atoms with van der Waals surface area (Å²) < 4.78 is 6.62. The molecule has 2 aromatic rings. The SMILES string of the molecule is O=C(COCc1nc2ccccc2s1)NCCC1=CCCCC1. The van der Waals surface area contributed by atoms with E-state index in [-0.39, 0.29) is 12.5 Å². The zero-order valence-corrected chi connectivity index (χ0v) is 14.0. The van der Waals surface area contributed by atoms with Crippen LogP contribution in [0.25, 0.3) is 10.2 Å². The number of nitrogens with zero attached hydrogens (tertiary/aromatic N) is 1. The summed E-state index contributed by atoms with van der Waals surface area (Å²) >= 11 is 1.61. The number of nitrogens with one attached hydrogen (secondary N) is 1. The molecule has 0 bridgehead atoms. The van der Waals surface area contributed by atoms with E-state index in [4.69, 9.17) is 4.74 Å². The molecule has 4 nitrogen and oxygen atoms in total. The smallest absolute Gasteiger partial charge is 0.246 e. The molecule has 122 valence electrons. The van der Waals surface area contributed by atoms with Crippen molar-refractivity contribution in [2.75, 3.05) is 13.2 Å². The second-order valence-electron chi connectivity index (χ2n) is 5.78. The summed E-state index contributed by atoms with van der Waals surface area (Å²) in [6.45, 7) is 1.18. The molecule has 1 amide bonds. The summed E-state index contributed by atoms with van der Waals surface area (Å²) in [5, 5.41) is 3.83. The lowest BCUT2D eigenvalue weighted by atomic mass is 9.97. The molecular formula is C18H22N2O2S. The monoisotopic (exact) mass is 330 g/mol. The summed E-state index contributed by atoms with van der Waals surface area (Å²) in [6.07, 6.45) is 8.24. The molecule has 0 spiro atoms. The number of rotatable bonds is 7. The van der Waals surface area contributed by atoms with Gasteiger partial charge in [0.05, 0.1) is 16.8 Å². The predicted octanol–water partition coefficient (Wildman–Crippen LogP) is 3.82. The van der Waals surface area contributed by atoms with E-state index < -0.39 is 0 Å². The third-order valence-electron chi connectivity index (χ3n) is 3.95. The van der Waals surface area contributed by atoms with E-state index >= 15 is 0 Å². The Morgan fingerprint density at radius 3 is 3.04 bits per heavy atom. The number of benzene rings is 1. The number of hydrogen-bond acceptors (Lipinski definition) is 4. The van der Waals surface area contributed by atoms with E-state index in [1.54, 1.807) is 11.3 Å². The Kier molecular flexibility index (Phi) is 5.77. The molecular weight excluding hydrogens is 308 g/mol. The van der Waals surface area contributed by atoms with Gasteiger partial charge in [-0.05, 0) is 44.2 Å². The second-order valence-corrected chi connectivity index (χ2v) is 6.89. The fourth-order valence-corrected chi connectivity index (χ4v) is 3.66. The summed E-state index contributed by atoms with van der Waals surface area (Å²) in [6, 6.07) is 8.01. The maximum atomic E-state index is 11.8. The van der Waals surface area contributed by atoms with Crippen LogP contribution in [0.2, 0.25) is 0 Å². The third-order valence-corrected chi connectivity index (χ3v) is 4.96. The predicted molar refractivity (Wildman–Crippen MR) is 93.5 cm³/mol. The van der Waals surface area contributed by atoms with E-state index in [9.17, 15) is 4.79 Å². The van der Waals surface area contributed by atoms with Crippen LogP contribution in [0, 0.1) is 0 Å². The lowest BCUT2D eigenvalue weighted by molar-refractivity contribution is -0.126.